The van der Waals surface area contributed by atoms with Crippen molar-refractivity contribution in [2.45, 2.75) is 13.5 Å². The van der Waals surface area contributed by atoms with Gasteiger partial charge in [0, 0.05) is 32.0 Å². The second-order valence-electron chi connectivity index (χ2n) is 6.98. The lowest BCUT2D eigenvalue weighted by Crippen LogP contribution is -2.17. The van der Waals surface area contributed by atoms with E-state index in [-0.39, 0.29) is 6.61 Å². The molecule has 30 heavy (non-hydrogen) atoms. The van der Waals surface area contributed by atoms with Crippen LogP contribution in [0.3, 0.4) is 0 Å². The minimum absolute atomic E-state index is 0.121. The van der Waals surface area contributed by atoms with Gasteiger partial charge in [-0.1, -0.05) is 29.0 Å². The number of aromatic nitrogens is 3. The summed E-state index contributed by atoms with van der Waals surface area (Å²) in [4.78, 5) is 16.7. The number of pyridine rings is 2. The molecule has 0 radical (unpaired) electrons. The lowest BCUT2D eigenvalue weighted by Gasteiger charge is -2.18. The normalized spacial score (nSPS) is 11.0. The van der Waals surface area contributed by atoms with Crippen LogP contribution in [0.5, 0.6) is 0 Å². The number of benzene rings is 1. The summed E-state index contributed by atoms with van der Waals surface area (Å²) in [5, 5.41) is 16.1. The minimum atomic E-state index is 0.121. The summed E-state index contributed by atoms with van der Waals surface area (Å²) in [5.74, 6) is 1.60. The molecule has 0 saturated heterocycles. The van der Waals surface area contributed by atoms with Gasteiger partial charge >= 0.3 is 0 Å². The zero-order valence-electron chi connectivity index (χ0n) is 17.0. The summed E-state index contributed by atoms with van der Waals surface area (Å²) in [6, 6.07) is 16.3. The molecule has 0 aliphatic carbocycles. The predicted molar refractivity (Wildman–Crippen MR) is 123 cm³/mol. The highest BCUT2D eigenvalue weighted by molar-refractivity contribution is 7.21. The molecule has 4 rings (SSSR count). The van der Waals surface area contributed by atoms with E-state index in [9.17, 15) is 0 Å². The van der Waals surface area contributed by atoms with E-state index < -0.39 is 0 Å². The van der Waals surface area contributed by atoms with Gasteiger partial charge in [-0.05, 0) is 48.9 Å². The third kappa shape index (κ3) is 4.73. The molecule has 0 fully saturated rings. The van der Waals surface area contributed by atoms with Gasteiger partial charge in [0.2, 0.25) is 0 Å². The number of aryl methyl sites for hydroxylation is 1. The fraction of sp³-hybridized carbons (Fsp3) is 0.227. The summed E-state index contributed by atoms with van der Waals surface area (Å²) < 4.78 is 0. The van der Waals surface area contributed by atoms with E-state index >= 15 is 0 Å². The molecule has 7 nitrogen and oxygen atoms in total. The van der Waals surface area contributed by atoms with Crippen LogP contribution in [-0.4, -0.2) is 40.3 Å². The third-order valence-electron chi connectivity index (χ3n) is 4.68. The van der Waals surface area contributed by atoms with E-state index in [2.05, 4.69) is 56.7 Å². The van der Waals surface area contributed by atoms with Crippen LogP contribution in [-0.2, 0) is 6.54 Å². The Kier molecular flexibility index (Phi) is 6.18. The third-order valence-corrected chi connectivity index (χ3v) is 5.56. The van der Waals surface area contributed by atoms with E-state index in [1.165, 1.54) is 16.9 Å². The van der Waals surface area contributed by atoms with Crippen LogP contribution in [0.4, 0.5) is 22.5 Å². The van der Waals surface area contributed by atoms with Crippen LogP contribution in [0.15, 0.2) is 54.7 Å². The highest BCUT2D eigenvalue weighted by Crippen LogP contribution is 2.30. The highest BCUT2D eigenvalue weighted by atomic mass is 32.1. The fourth-order valence-electron chi connectivity index (χ4n) is 3.02. The quantitative estimate of drug-likeness (QED) is 0.372. The minimum Gasteiger partial charge on any atom is -0.395 e. The first-order valence-electron chi connectivity index (χ1n) is 9.74. The number of hydrogen-bond acceptors (Lipinski definition) is 8. The van der Waals surface area contributed by atoms with Crippen LogP contribution in [0.25, 0.3) is 10.3 Å². The topological polar surface area (TPSA) is 86.2 Å². The number of fused-ring (bicyclic) bond motifs is 1. The van der Waals surface area contributed by atoms with Crippen molar-refractivity contribution >= 4 is 44.1 Å². The second-order valence-corrected chi connectivity index (χ2v) is 7.96. The molecule has 8 heteroatoms. The number of nitrogens with one attached hydrogen (secondary N) is 2. The number of nitrogens with zero attached hydrogens (tertiary/aromatic N) is 4. The van der Waals surface area contributed by atoms with Gasteiger partial charge in [0.25, 0.3) is 0 Å². The first kappa shape index (κ1) is 20.2. The molecule has 0 atom stereocenters. The first-order valence-corrected chi connectivity index (χ1v) is 10.6. The summed E-state index contributed by atoms with van der Waals surface area (Å²) in [5.41, 5.74) is 4.26. The van der Waals surface area contributed by atoms with Crippen molar-refractivity contribution in [2.24, 2.45) is 0 Å². The molecule has 0 unspecified atom stereocenters. The molecule has 0 aliphatic rings. The van der Waals surface area contributed by atoms with Crippen molar-refractivity contribution in [2.75, 3.05) is 30.4 Å². The standard InChI is InChI=1S/C22H24N6OS/c1-15-3-5-17(6-4-15)28(2)20-8-7-18-21(27-20)30-22(25-18)26-19-13-16(9-10-24-19)14-23-11-12-29/h3-10,13,23,29H,11-12,14H2,1-2H3,(H,24,25,26). The van der Waals surface area contributed by atoms with E-state index in [0.717, 1.165) is 38.4 Å². The molecule has 0 spiro atoms. The van der Waals surface area contributed by atoms with Crippen molar-refractivity contribution in [3.05, 3.63) is 65.9 Å². The number of thiazole rings is 1. The number of rotatable bonds is 8. The van der Waals surface area contributed by atoms with Crippen LogP contribution in [0, 0.1) is 6.92 Å². The van der Waals surface area contributed by atoms with Crippen molar-refractivity contribution in [3.8, 4) is 0 Å². The Hall–Kier alpha value is -3.07. The maximum Gasteiger partial charge on any atom is 0.190 e. The molecule has 154 valence electrons. The Morgan fingerprint density at radius 1 is 1.07 bits per heavy atom. The fourth-order valence-corrected chi connectivity index (χ4v) is 3.86. The largest absolute Gasteiger partial charge is 0.395 e. The van der Waals surface area contributed by atoms with Crippen LogP contribution < -0.4 is 15.5 Å². The molecule has 0 bridgehead atoms. The van der Waals surface area contributed by atoms with Crippen molar-refractivity contribution in [3.63, 3.8) is 0 Å². The number of aliphatic hydroxyl groups is 1. The maximum absolute atomic E-state index is 8.89. The molecule has 3 N–H and O–H groups in total. The van der Waals surface area contributed by atoms with Gasteiger partial charge < -0.3 is 20.6 Å². The van der Waals surface area contributed by atoms with Crippen molar-refractivity contribution in [1.82, 2.24) is 20.3 Å². The Morgan fingerprint density at radius 3 is 2.70 bits per heavy atom. The van der Waals surface area contributed by atoms with Gasteiger partial charge in [0.1, 0.15) is 22.0 Å². The highest BCUT2D eigenvalue weighted by Gasteiger charge is 2.11. The average molecular weight is 421 g/mol. The Morgan fingerprint density at radius 2 is 1.90 bits per heavy atom. The van der Waals surface area contributed by atoms with Gasteiger partial charge in [-0.25, -0.2) is 15.0 Å². The van der Waals surface area contributed by atoms with Crippen LogP contribution in [0.1, 0.15) is 11.1 Å². The van der Waals surface area contributed by atoms with Gasteiger partial charge in [-0.3, -0.25) is 0 Å². The number of hydrogen-bond donors (Lipinski definition) is 3. The zero-order chi connectivity index (χ0) is 20.9. The van der Waals surface area contributed by atoms with Gasteiger partial charge in [-0.15, -0.1) is 0 Å². The summed E-state index contributed by atoms with van der Waals surface area (Å²) in [7, 11) is 2.01. The number of aliphatic hydroxyl groups excluding tert-OH is 1. The van der Waals surface area contributed by atoms with E-state index in [4.69, 9.17) is 10.1 Å². The predicted octanol–water partition coefficient (Wildman–Crippen LogP) is 3.99. The molecule has 3 heterocycles. The molecule has 3 aromatic heterocycles. The van der Waals surface area contributed by atoms with Crippen molar-refractivity contribution in [1.29, 1.82) is 0 Å². The zero-order valence-corrected chi connectivity index (χ0v) is 17.8. The molecule has 4 aromatic rings. The molecule has 1 aromatic carbocycles. The number of anilines is 4. The molecular formula is C22H24N6OS. The average Bonchev–Trinajstić information content (AvgIpc) is 3.15. The van der Waals surface area contributed by atoms with Crippen molar-refractivity contribution < 1.29 is 5.11 Å². The van der Waals surface area contributed by atoms with Gasteiger partial charge in [-0.2, -0.15) is 0 Å². The monoisotopic (exact) mass is 420 g/mol. The molecule has 0 amide bonds. The molecule has 0 saturated carbocycles. The Bertz CT molecular complexity index is 1130. The Labute approximate surface area is 179 Å². The lowest BCUT2D eigenvalue weighted by atomic mass is 10.2. The summed E-state index contributed by atoms with van der Waals surface area (Å²) >= 11 is 1.50. The smallest absolute Gasteiger partial charge is 0.190 e. The van der Waals surface area contributed by atoms with E-state index in [0.29, 0.717) is 13.1 Å². The molecular weight excluding hydrogens is 396 g/mol. The second kappa shape index (κ2) is 9.17. The SMILES string of the molecule is Cc1ccc(N(C)c2ccc3nc(Nc4cc(CNCCO)ccn4)sc3n2)cc1. The Balaban J connectivity index is 1.51. The maximum atomic E-state index is 8.89. The van der Waals surface area contributed by atoms with Crippen LogP contribution >= 0.6 is 11.3 Å². The van der Waals surface area contributed by atoms with Gasteiger partial charge in [0.15, 0.2) is 5.13 Å². The van der Waals surface area contributed by atoms with E-state index in [1.54, 1.807) is 6.20 Å². The van der Waals surface area contributed by atoms with E-state index in [1.807, 2.05) is 31.3 Å². The van der Waals surface area contributed by atoms with Gasteiger partial charge in [0.05, 0.1) is 6.61 Å². The van der Waals surface area contributed by atoms with Crippen LogP contribution in [0.2, 0.25) is 0 Å². The lowest BCUT2D eigenvalue weighted by molar-refractivity contribution is 0.292. The first-order chi connectivity index (χ1) is 14.6. The molecule has 0 aliphatic heterocycles. The summed E-state index contributed by atoms with van der Waals surface area (Å²) in [6.45, 7) is 3.44. The summed E-state index contributed by atoms with van der Waals surface area (Å²) in [6.07, 6.45) is 1.76.